The van der Waals surface area contributed by atoms with E-state index in [1.54, 1.807) is 21.3 Å². The molecule has 2 aromatic rings. The first-order valence-electron chi connectivity index (χ1n) is 6.16. The van der Waals surface area contributed by atoms with Crippen molar-refractivity contribution in [3.8, 4) is 33.8 Å². The van der Waals surface area contributed by atoms with Gasteiger partial charge in [0.1, 0.15) is 10.9 Å². The Morgan fingerprint density at radius 2 is 1.67 bits per heavy atom. The second-order valence-corrected chi connectivity index (χ2v) is 5.35. The van der Waals surface area contributed by atoms with E-state index < -0.39 is 0 Å². The minimum Gasteiger partial charge on any atom is -0.493 e. The van der Waals surface area contributed by atoms with Crippen molar-refractivity contribution in [2.24, 2.45) is 0 Å². The molecule has 6 heteroatoms. The van der Waals surface area contributed by atoms with Crippen molar-refractivity contribution in [1.82, 2.24) is 0 Å². The fourth-order valence-electron chi connectivity index (χ4n) is 2.10. The van der Waals surface area contributed by atoms with Crippen molar-refractivity contribution in [3.05, 3.63) is 22.6 Å². The molecule has 110 valence electrons. The number of thiophene rings is 1. The summed E-state index contributed by atoms with van der Waals surface area (Å²) in [6.07, 6.45) is 0. The molecule has 0 spiro atoms. The topological polar surface area (TPSA) is 77.5 Å². The Hall–Kier alpha value is -2.39. The maximum atomic E-state index is 9.10. The van der Waals surface area contributed by atoms with Crippen molar-refractivity contribution in [2.75, 3.05) is 27.1 Å². The lowest BCUT2D eigenvalue weighted by Crippen LogP contribution is -1.95. The third-order valence-electron chi connectivity index (χ3n) is 3.22. The number of benzene rings is 1. The van der Waals surface area contributed by atoms with Gasteiger partial charge in [-0.2, -0.15) is 5.26 Å². The van der Waals surface area contributed by atoms with Gasteiger partial charge in [0.25, 0.3) is 0 Å². The molecule has 0 unspecified atom stereocenters. The van der Waals surface area contributed by atoms with E-state index in [-0.39, 0.29) is 0 Å². The molecule has 0 radical (unpaired) electrons. The molecule has 0 saturated carbocycles. The van der Waals surface area contributed by atoms with Crippen LogP contribution in [0.5, 0.6) is 17.2 Å². The van der Waals surface area contributed by atoms with Crippen LogP contribution < -0.4 is 19.9 Å². The van der Waals surface area contributed by atoms with Gasteiger partial charge in [0.2, 0.25) is 5.75 Å². The van der Waals surface area contributed by atoms with Crippen LogP contribution in [-0.2, 0) is 0 Å². The van der Waals surface area contributed by atoms with Crippen LogP contribution in [-0.4, -0.2) is 21.3 Å². The van der Waals surface area contributed by atoms with E-state index in [9.17, 15) is 0 Å². The average molecular weight is 304 g/mol. The Balaban J connectivity index is 2.68. The van der Waals surface area contributed by atoms with Crippen LogP contribution in [0.4, 0.5) is 5.69 Å². The number of anilines is 1. The molecule has 0 fully saturated rings. The molecule has 0 aliphatic rings. The summed E-state index contributed by atoms with van der Waals surface area (Å²) >= 11 is 1.35. The molecule has 1 aromatic carbocycles. The zero-order valence-electron chi connectivity index (χ0n) is 12.3. The largest absolute Gasteiger partial charge is 0.493 e. The van der Waals surface area contributed by atoms with Crippen LogP contribution in [0.1, 0.15) is 10.4 Å². The molecule has 0 aliphatic carbocycles. The molecule has 0 bridgehead atoms. The Morgan fingerprint density at radius 1 is 1.10 bits per heavy atom. The second kappa shape index (κ2) is 5.94. The third kappa shape index (κ3) is 2.48. The van der Waals surface area contributed by atoms with Crippen molar-refractivity contribution < 1.29 is 14.2 Å². The SMILES string of the molecule is COc1cc(-c2sc(C#N)c(N)c2C)cc(OC)c1OC. The number of ether oxygens (including phenoxy) is 3. The van der Waals surface area contributed by atoms with Gasteiger partial charge in [-0.05, 0) is 30.2 Å². The van der Waals surface area contributed by atoms with Crippen molar-refractivity contribution >= 4 is 17.0 Å². The molecule has 1 heterocycles. The smallest absolute Gasteiger partial charge is 0.203 e. The molecule has 0 amide bonds. The molecule has 1 aromatic heterocycles. The lowest BCUT2D eigenvalue weighted by atomic mass is 10.1. The van der Waals surface area contributed by atoms with Gasteiger partial charge < -0.3 is 19.9 Å². The number of hydrogen-bond acceptors (Lipinski definition) is 6. The first kappa shape index (κ1) is 15.0. The normalized spacial score (nSPS) is 10.0. The number of nitrogens with two attached hydrogens (primary N) is 1. The van der Waals surface area contributed by atoms with Crippen molar-refractivity contribution in [1.29, 1.82) is 5.26 Å². The second-order valence-electron chi connectivity index (χ2n) is 4.32. The highest BCUT2D eigenvalue weighted by Gasteiger charge is 2.18. The summed E-state index contributed by atoms with van der Waals surface area (Å²) in [7, 11) is 4.69. The monoisotopic (exact) mass is 304 g/mol. The molecule has 21 heavy (non-hydrogen) atoms. The summed E-state index contributed by atoms with van der Waals surface area (Å²) in [6.45, 7) is 1.89. The van der Waals surface area contributed by atoms with E-state index in [1.807, 2.05) is 19.1 Å². The lowest BCUT2D eigenvalue weighted by Gasteiger charge is -2.14. The van der Waals surface area contributed by atoms with Crippen LogP contribution >= 0.6 is 11.3 Å². The summed E-state index contributed by atoms with van der Waals surface area (Å²) < 4.78 is 16.0. The van der Waals surface area contributed by atoms with Gasteiger partial charge in [-0.1, -0.05) is 0 Å². The number of hydrogen-bond donors (Lipinski definition) is 1. The molecule has 0 saturated heterocycles. The molecular formula is C15H16N2O3S. The zero-order chi connectivity index (χ0) is 15.6. The fraction of sp³-hybridized carbons (Fsp3) is 0.267. The van der Waals surface area contributed by atoms with Gasteiger partial charge in [-0.25, -0.2) is 0 Å². The van der Waals surface area contributed by atoms with Gasteiger partial charge >= 0.3 is 0 Å². The summed E-state index contributed by atoms with van der Waals surface area (Å²) in [6, 6.07) is 5.81. The van der Waals surface area contributed by atoms with Gasteiger partial charge in [-0.15, -0.1) is 11.3 Å². The molecule has 2 rings (SSSR count). The van der Waals surface area contributed by atoms with Crippen LogP contribution in [0.2, 0.25) is 0 Å². The van der Waals surface area contributed by atoms with Gasteiger partial charge in [0, 0.05) is 4.88 Å². The Labute approximate surface area is 127 Å². The predicted molar refractivity (Wildman–Crippen MR) is 83.3 cm³/mol. The van der Waals surface area contributed by atoms with E-state index >= 15 is 0 Å². The van der Waals surface area contributed by atoms with Gasteiger partial charge in [0.15, 0.2) is 11.5 Å². The number of methoxy groups -OCH3 is 3. The molecule has 0 atom stereocenters. The molecule has 0 aliphatic heterocycles. The number of nitrogen functional groups attached to an aromatic ring is 1. The fourth-order valence-corrected chi connectivity index (χ4v) is 3.11. The van der Waals surface area contributed by atoms with E-state index in [4.69, 9.17) is 25.2 Å². The van der Waals surface area contributed by atoms with Crippen molar-refractivity contribution in [3.63, 3.8) is 0 Å². The Kier molecular flexibility index (Phi) is 4.24. The third-order valence-corrected chi connectivity index (χ3v) is 4.48. The van der Waals surface area contributed by atoms with Crippen LogP contribution in [0.15, 0.2) is 12.1 Å². The summed E-state index contributed by atoms with van der Waals surface area (Å²) in [5.41, 5.74) is 8.22. The molecule has 2 N–H and O–H groups in total. The van der Waals surface area contributed by atoms with Gasteiger partial charge in [0.05, 0.1) is 27.0 Å². The standard InChI is InChI=1S/C15H16N2O3S/c1-8-13(17)12(7-16)21-15(8)9-5-10(18-2)14(20-4)11(6-9)19-3/h5-6H,17H2,1-4H3. The van der Waals surface area contributed by atoms with Crippen molar-refractivity contribution in [2.45, 2.75) is 6.92 Å². The average Bonchev–Trinajstić information content (AvgIpc) is 2.81. The predicted octanol–water partition coefficient (Wildman–Crippen LogP) is 3.20. The first-order valence-corrected chi connectivity index (χ1v) is 6.98. The highest BCUT2D eigenvalue weighted by Crippen LogP contribution is 2.45. The lowest BCUT2D eigenvalue weighted by molar-refractivity contribution is 0.324. The Morgan fingerprint density at radius 3 is 2.05 bits per heavy atom. The minimum atomic E-state index is 0.510. The van der Waals surface area contributed by atoms with E-state index in [2.05, 4.69) is 6.07 Å². The van der Waals surface area contributed by atoms with Crippen LogP contribution in [0.25, 0.3) is 10.4 Å². The molecule has 5 nitrogen and oxygen atoms in total. The first-order chi connectivity index (χ1) is 10.1. The van der Waals surface area contributed by atoms with Crippen LogP contribution in [0.3, 0.4) is 0 Å². The minimum absolute atomic E-state index is 0.510. The number of nitriles is 1. The maximum Gasteiger partial charge on any atom is 0.203 e. The van der Waals surface area contributed by atoms with E-state index in [0.717, 1.165) is 16.0 Å². The zero-order valence-corrected chi connectivity index (χ0v) is 13.1. The maximum absolute atomic E-state index is 9.10. The number of rotatable bonds is 4. The number of nitrogens with zero attached hydrogens (tertiary/aromatic N) is 1. The molecular weight excluding hydrogens is 288 g/mol. The summed E-state index contributed by atoms with van der Waals surface area (Å²) in [5.74, 6) is 1.67. The highest BCUT2D eigenvalue weighted by atomic mass is 32.1. The van der Waals surface area contributed by atoms with Crippen LogP contribution in [0, 0.1) is 18.3 Å². The highest BCUT2D eigenvalue weighted by molar-refractivity contribution is 7.16. The summed E-state index contributed by atoms with van der Waals surface area (Å²) in [5, 5.41) is 9.10. The quantitative estimate of drug-likeness (QED) is 0.938. The Bertz CT molecular complexity index is 691. The van der Waals surface area contributed by atoms with Gasteiger partial charge in [-0.3, -0.25) is 0 Å². The van der Waals surface area contributed by atoms with E-state index in [1.165, 1.54) is 11.3 Å². The summed E-state index contributed by atoms with van der Waals surface area (Å²) in [4.78, 5) is 1.43. The van der Waals surface area contributed by atoms with E-state index in [0.29, 0.717) is 27.8 Å².